The third-order valence-corrected chi connectivity index (χ3v) is 7.72. The zero-order valence-electron chi connectivity index (χ0n) is 24.4. The average Bonchev–Trinajstić information content (AvgIpc) is 3.63. The summed E-state index contributed by atoms with van der Waals surface area (Å²) in [5.74, 6) is 2.73. The molecule has 5 rings (SSSR count). The van der Waals surface area contributed by atoms with Gasteiger partial charge in [0.25, 0.3) is 0 Å². The fourth-order valence-corrected chi connectivity index (χ4v) is 5.65. The van der Waals surface area contributed by atoms with E-state index in [0.717, 1.165) is 17.5 Å². The van der Waals surface area contributed by atoms with Crippen LogP contribution >= 0.6 is 0 Å². The Kier molecular flexibility index (Phi) is 9.41. The third-order valence-electron chi connectivity index (χ3n) is 7.72. The number of carboxylic acid groups (broad SMARTS) is 1. The monoisotopic (exact) mass is 592 g/mol. The van der Waals surface area contributed by atoms with Gasteiger partial charge in [0.1, 0.15) is 23.4 Å². The number of hydrogen-bond donors (Lipinski definition) is 1. The lowest BCUT2D eigenvalue weighted by molar-refractivity contribution is 0.0278. The fourth-order valence-electron chi connectivity index (χ4n) is 5.65. The van der Waals surface area contributed by atoms with E-state index in [1.165, 1.54) is 0 Å². The first-order valence-corrected chi connectivity index (χ1v) is 14.2. The molecule has 1 amide bonds. The van der Waals surface area contributed by atoms with Crippen LogP contribution in [-0.4, -0.2) is 80.5 Å². The van der Waals surface area contributed by atoms with Crippen LogP contribution in [-0.2, 0) is 4.74 Å². The average molecular weight is 593 g/mol. The number of benzene rings is 3. The topological polar surface area (TPSA) is 116 Å². The van der Waals surface area contributed by atoms with Gasteiger partial charge in [-0.2, -0.15) is 0 Å². The SMILES string of the molecule is CCCN(CCN1C[C@H](c2ccc3c(c2)OCO3)[C@H](OC(=O)O)[C@H]1c1ccc(OC)cc1)C(=O)Oc1ccc(OC)cc1. The number of carbonyl (C=O) groups excluding carboxylic acids is 1. The Morgan fingerprint density at radius 3 is 2.16 bits per heavy atom. The van der Waals surface area contributed by atoms with Crippen LogP contribution in [0, 0.1) is 0 Å². The van der Waals surface area contributed by atoms with Gasteiger partial charge in [0.15, 0.2) is 11.5 Å². The molecule has 2 aliphatic heterocycles. The van der Waals surface area contributed by atoms with Gasteiger partial charge in [0.05, 0.1) is 20.3 Å². The number of rotatable bonds is 11. The van der Waals surface area contributed by atoms with Gasteiger partial charge in [0, 0.05) is 32.1 Å². The summed E-state index contributed by atoms with van der Waals surface area (Å²) in [5, 5.41) is 9.78. The summed E-state index contributed by atoms with van der Waals surface area (Å²) in [6.07, 6.45) is -1.80. The molecule has 11 heteroatoms. The smallest absolute Gasteiger partial charge is 0.497 e. The first kappa shape index (κ1) is 29.8. The van der Waals surface area contributed by atoms with Crippen LogP contribution in [0.25, 0.3) is 0 Å². The molecule has 0 radical (unpaired) electrons. The zero-order chi connectivity index (χ0) is 30.3. The van der Waals surface area contributed by atoms with Crippen molar-refractivity contribution >= 4 is 12.2 Å². The molecule has 1 fully saturated rings. The molecule has 0 aliphatic carbocycles. The number of fused-ring (bicyclic) bond motifs is 1. The van der Waals surface area contributed by atoms with E-state index in [4.69, 9.17) is 28.4 Å². The van der Waals surface area contributed by atoms with E-state index < -0.39 is 24.4 Å². The number of nitrogens with zero attached hydrogens (tertiary/aromatic N) is 2. The molecular formula is C32H36N2O9. The molecule has 0 aromatic heterocycles. The van der Waals surface area contributed by atoms with E-state index >= 15 is 0 Å². The summed E-state index contributed by atoms with van der Waals surface area (Å²) in [5.41, 5.74) is 1.75. The highest BCUT2D eigenvalue weighted by atomic mass is 16.7. The number of amides is 1. The Morgan fingerprint density at radius 2 is 1.51 bits per heavy atom. The Bertz CT molecular complexity index is 1400. The van der Waals surface area contributed by atoms with Gasteiger partial charge >= 0.3 is 12.2 Å². The standard InChI is InChI=1S/C32H36N2O9/c1-4-15-33(31(35)42-25-12-10-24(39-3)11-13-25)16-17-34-19-26(22-7-14-27-28(18-22)41-20-40-27)30(43-32(36)37)29(34)21-5-8-23(38-2)9-6-21/h5-14,18,26,29-30H,4,15-17,19-20H2,1-3H3,(H,36,37)/t26-,29-,30+/m1/s1. The Balaban J connectivity index is 1.41. The summed E-state index contributed by atoms with van der Waals surface area (Å²) in [7, 11) is 3.17. The molecule has 43 heavy (non-hydrogen) atoms. The summed E-state index contributed by atoms with van der Waals surface area (Å²) < 4.78 is 32.9. The molecule has 0 unspecified atom stereocenters. The van der Waals surface area contributed by atoms with Gasteiger partial charge < -0.3 is 38.4 Å². The Labute approximate surface area is 250 Å². The van der Waals surface area contributed by atoms with Crippen molar-refractivity contribution in [3.05, 3.63) is 77.9 Å². The molecule has 1 saturated heterocycles. The number of likely N-dealkylation sites (tertiary alicyclic amines) is 1. The van der Waals surface area contributed by atoms with Crippen molar-refractivity contribution in [1.82, 2.24) is 9.80 Å². The van der Waals surface area contributed by atoms with Crippen LogP contribution < -0.4 is 23.7 Å². The minimum atomic E-state index is -1.35. The normalized spacial score (nSPS) is 19.1. The van der Waals surface area contributed by atoms with Crippen LogP contribution in [0.3, 0.4) is 0 Å². The summed E-state index contributed by atoms with van der Waals surface area (Å²) >= 11 is 0. The lowest BCUT2D eigenvalue weighted by Gasteiger charge is -2.30. The quantitative estimate of drug-likeness (QED) is 0.284. The van der Waals surface area contributed by atoms with E-state index in [-0.39, 0.29) is 12.7 Å². The van der Waals surface area contributed by atoms with Crippen molar-refractivity contribution in [2.45, 2.75) is 31.4 Å². The maximum atomic E-state index is 13.2. The molecular weight excluding hydrogens is 556 g/mol. The van der Waals surface area contributed by atoms with Crippen LogP contribution in [0.4, 0.5) is 9.59 Å². The van der Waals surface area contributed by atoms with E-state index in [1.54, 1.807) is 43.4 Å². The van der Waals surface area contributed by atoms with Crippen molar-refractivity contribution in [3.63, 3.8) is 0 Å². The van der Waals surface area contributed by atoms with Gasteiger partial charge in [-0.25, -0.2) is 9.59 Å². The van der Waals surface area contributed by atoms with E-state index in [2.05, 4.69) is 4.90 Å². The van der Waals surface area contributed by atoms with Crippen molar-refractivity contribution in [1.29, 1.82) is 0 Å². The summed E-state index contributed by atoms with van der Waals surface area (Å²) in [6, 6.07) is 19.6. The number of carbonyl (C=O) groups is 2. The van der Waals surface area contributed by atoms with E-state index in [0.29, 0.717) is 54.9 Å². The largest absolute Gasteiger partial charge is 0.506 e. The summed E-state index contributed by atoms with van der Waals surface area (Å²) in [4.78, 5) is 29.0. The second-order valence-electron chi connectivity index (χ2n) is 10.3. The third kappa shape index (κ3) is 6.89. The maximum Gasteiger partial charge on any atom is 0.506 e. The maximum absolute atomic E-state index is 13.2. The molecule has 3 aromatic carbocycles. The predicted octanol–water partition coefficient (Wildman–Crippen LogP) is 5.55. The fraction of sp³-hybridized carbons (Fsp3) is 0.375. The van der Waals surface area contributed by atoms with E-state index in [1.807, 2.05) is 49.4 Å². The number of hydrogen-bond acceptors (Lipinski definition) is 9. The summed E-state index contributed by atoms with van der Waals surface area (Å²) in [6.45, 7) is 3.94. The van der Waals surface area contributed by atoms with Crippen LogP contribution in [0.15, 0.2) is 66.7 Å². The molecule has 3 aromatic rings. The van der Waals surface area contributed by atoms with Gasteiger partial charge in [-0.05, 0) is 66.1 Å². The van der Waals surface area contributed by atoms with Gasteiger partial charge in [0.2, 0.25) is 6.79 Å². The molecule has 2 heterocycles. The lowest BCUT2D eigenvalue weighted by Crippen LogP contribution is -2.41. The van der Waals surface area contributed by atoms with Crippen molar-refractivity contribution in [2.75, 3.05) is 47.2 Å². The first-order chi connectivity index (χ1) is 20.9. The van der Waals surface area contributed by atoms with Gasteiger partial charge in [-0.3, -0.25) is 4.90 Å². The zero-order valence-corrected chi connectivity index (χ0v) is 24.4. The van der Waals surface area contributed by atoms with Crippen molar-refractivity contribution < 1.29 is 43.1 Å². The van der Waals surface area contributed by atoms with Crippen LogP contribution in [0.2, 0.25) is 0 Å². The minimum Gasteiger partial charge on any atom is -0.497 e. The van der Waals surface area contributed by atoms with Crippen molar-refractivity contribution in [3.8, 4) is 28.7 Å². The Hall–Kier alpha value is -4.64. The molecule has 228 valence electrons. The highest BCUT2D eigenvalue weighted by Gasteiger charge is 2.46. The second kappa shape index (κ2) is 13.6. The second-order valence-corrected chi connectivity index (χ2v) is 10.3. The number of ether oxygens (including phenoxy) is 6. The molecule has 0 bridgehead atoms. The molecule has 3 atom stereocenters. The minimum absolute atomic E-state index is 0.138. The van der Waals surface area contributed by atoms with Crippen LogP contribution in [0.5, 0.6) is 28.7 Å². The highest BCUT2D eigenvalue weighted by Crippen LogP contribution is 2.45. The lowest BCUT2D eigenvalue weighted by atomic mass is 9.90. The molecule has 2 aliphatic rings. The molecule has 11 nitrogen and oxygen atoms in total. The Morgan fingerprint density at radius 1 is 0.884 bits per heavy atom. The van der Waals surface area contributed by atoms with Gasteiger partial charge in [-0.1, -0.05) is 25.1 Å². The first-order valence-electron chi connectivity index (χ1n) is 14.2. The molecule has 0 saturated carbocycles. The number of methoxy groups -OCH3 is 2. The predicted molar refractivity (Wildman–Crippen MR) is 156 cm³/mol. The highest BCUT2D eigenvalue weighted by molar-refractivity contribution is 5.70. The van der Waals surface area contributed by atoms with E-state index in [9.17, 15) is 14.7 Å². The van der Waals surface area contributed by atoms with Gasteiger partial charge in [-0.15, -0.1) is 0 Å². The van der Waals surface area contributed by atoms with Crippen LogP contribution in [0.1, 0.15) is 36.4 Å². The molecule has 1 N–H and O–H groups in total. The van der Waals surface area contributed by atoms with Crippen molar-refractivity contribution in [2.24, 2.45) is 0 Å². The molecule has 0 spiro atoms.